The monoisotopic (exact) mass is 412 g/mol. The first-order valence-corrected chi connectivity index (χ1v) is 10.8. The number of carbonyl (C=O) groups is 1. The Kier molecular flexibility index (Phi) is 6.33. The molecule has 3 aromatic rings. The third kappa shape index (κ3) is 5.23. The molecule has 0 aliphatic heterocycles. The van der Waals surface area contributed by atoms with Crippen molar-refractivity contribution in [3.05, 3.63) is 77.9 Å². The summed E-state index contributed by atoms with van der Waals surface area (Å²) in [6, 6.07) is 11.4. The molecule has 3 rings (SSSR count). The summed E-state index contributed by atoms with van der Waals surface area (Å²) in [5, 5.41) is 2.84. The first-order chi connectivity index (χ1) is 13.9. The SMILES string of the molecule is Cc1cccc(NS(=O)(=O)c2ccc(C(=O)NCCCn3ccnc3)cc2)c1C. The van der Waals surface area contributed by atoms with Gasteiger partial charge < -0.3 is 9.88 Å². The van der Waals surface area contributed by atoms with Gasteiger partial charge in [-0.2, -0.15) is 0 Å². The standard InChI is InChI=1S/C21H24N4O3S/c1-16-5-3-6-20(17(16)2)24-29(27,28)19-9-7-18(8-10-19)21(26)23-11-4-13-25-14-12-22-15-25/h3,5-10,12,14-15,24H,4,11,13H2,1-2H3,(H,23,26). The molecule has 1 aromatic heterocycles. The Morgan fingerprint density at radius 3 is 2.55 bits per heavy atom. The van der Waals surface area contributed by atoms with E-state index in [4.69, 9.17) is 0 Å². The Labute approximate surface area is 170 Å². The predicted molar refractivity (Wildman–Crippen MR) is 112 cm³/mol. The number of aromatic nitrogens is 2. The van der Waals surface area contributed by atoms with Crippen molar-refractivity contribution < 1.29 is 13.2 Å². The number of rotatable bonds is 8. The van der Waals surface area contributed by atoms with Crippen LogP contribution in [-0.2, 0) is 16.6 Å². The van der Waals surface area contributed by atoms with E-state index in [2.05, 4.69) is 15.0 Å². The smallest absolute Gasteiger partial charge is 0.261 e. The highest BCUT2D eigenvalue weighted by Crippen LogP contribution is 2.22. The second-order valence-electron chi connectivity index (χ2n) is 6.79. The molecule has 0 radical (unpaired) electrons. The number of benzene rings is 2. The molecule has 0 spiro atoms. The van der Waals surface area contributed by atoms with Gasteiger partial charge in [-0.3, -0.25) is 9.52 Å². The first-order valence-electron chi connectivity index (χ1n) is 9.30. The fourth-order valence-electron chi connectivity index (χ4n) is 2.84. The van der Waals surface area contributed by atoms with Crippen molar-refractivity contribution >= 4 is 21.6 Å². The van der Waals surface area contributed by atoms with Crippen LogP contribution in [0.3, 0.4) is 0 Å². The lowest BCUT2D eigenvalue weighted by Gasteiger charge is -2.12. The molecule has 0 aliphatic rings. The zero-order valence-corrected chi connectivity index (χ0v) is 17.2. The number of sulfonamides is 1. The van der Waals surface area contributed by atoms with Crippen molar-refractivity contribution in [3.63, 3.8) is 0 Å². The number of hydrogen-bond donors (Lipinski definition) is 2. The van der Waals surface area contributed by atoms with Gasteiger partial charge in [-0.25, -0.2) is 13.4 Å². The fraction of sp³-hybridized carbons (Fsp3) is 0.238. The molecule has 0 unspecified atom stereocenters. The van der Waals surface area contributed by atoms with Gasteiger partial charge in [-0.15, -0.1) is 0 Å². The van der Waals surface area contributed by atoms with E-state index >= 15 is 0 Å². The molecule has 0 bridgehead atoms. The minimum atomic E-state index is -3.73. The molecule has 0 saturated heterocycles. The summed E-state index contributed by atoms with van der Waals surface area (Å²) in [6.45, 7) is 5.08. The summed E-state index contributed by atoms with van der Waals surface area (Å²) in [5.74, 6) is -0.234. The molecule has 2 aromatic carbocycles. The van der Waals surface area contributed by atoms with Gasteiger partial charge >= 0.3 is 0 Å². The van der Waals surface area contributed by atoms with Crippen molar-refractivity contribution in [3.8, 4) is 0 Å². The van der Waals surface area contributed by atoms with Crippen LogP contribution >= 0.6 is 0 Å². The van der Waals surface area contributed by atoms with Crippen molar-refractivity contribution in [1.82, 2.24) is 14.9 Å². The fourth-order valence-corrected chi connectivity index (χ4v) is 3.96. The predicted octanol–water partition coefficient (Wildman–Crippen LogP) is 3.12. The quantitative estimate of drug-likeness (QED) is 0.556. The number of anilines is 1. The largest absolute Gasteiger partial charge is 0.352 e. The maximum Gasteiger partial charge on any atom is 0.261 e. The molecule has 2 N–H and O–H groups in total. The lowest BCUT2D eigenvalue weighted by atomic mass is 10.1. The van der Waals surface area contributed by atoms with E-state index in [1.54, 1.807) is 24.7 Å². The molecular formula is C21H24N4O3S. The van der Waals surface area contributed by atoms with Gasteiger partial charge in [0.1, 0.15) is 0 Å². The summed E-state index contributed by atoms with van der Waals surface area (Å²) in [6.07, 6.45) is 6.08. The summed E-state index contributed by atoms with van der Waals surface area (Å²) in [4.78, 5) is 16.3. The van der Waals surface area contributed by atoms with Crippen LogP contribution in [0.2, 0.25) is 0 Å². The first kappa shape index (κ1) is 20.6. The lowest BCUT2D eigenvalue weighted by Crippen LogP contribution is -2.25. The van der Waals surface area contributed by atoms with Crippen molar-refractivity contribution in [2.24, 2.45) is 0 Å². The molecule has 7 nitrogen and oxygen atoms in total. The average Bonchev–Trinajstić information content (AvgIpc) is 3.22. The number of nitrogens with zero attached hydrogens (tertiary/aromatic N) is 2. The van der Waals surface area contributed by atoms with Crippen LogP contribution in [0.4, 0.5) is 5.69 Å². The highest BCUT2D eigenvalue weighted by Gasteiger charge is 2.16. The van der Waals surface area contributed by atoms with Crippen LogP contribution in [-0.4, -0.2) is 30.4 Å². The topological polar surface area (TPSA) is 93.1 Å². The second-order valence-corrected chi connectivity index (χ2v) is 8.47. The minimum absolute atomic E-state index is 0.107. The Morgan fingerprint density at radius 1 is 1.10 bits per heavy atom. The van der Waals surface area contributed by atoms with Gasteiger partial charge in [-0.05, 0) is 61.7 Å². The van der Waals surface area contributed by atoms with E-state index in [0.29, 0.717) is 17.8 Å². The van der Waals surface area contributed by atoms with E-state index in [1.807, 2.05) is 30.7 Å². The van der Waals surface area contributed by atoms with Gasteiger partial charge in [0.15, 0.2) is 0 Å². The van der Waals surface area contributed by atoms with Crippen LogP contribution in [0, 0.1) is 13.8 Å². The van der Waals surface area contributed by atoms with Gasteiger partial charge in [-0.1, -0.05) is 12.1 Å². The zero-order valence-electron chi connectivity index (χ0n) is 16.4. The molecular weight excluding hydrogens is 388 g/mol. The summed E-state index contributed by atoms with van der Waals surface area (Å²) in [7, 11) is -3.73. The average molecular weight is 413 g/mol. The molecule has 1 heterocycles. The maximum atomic E-state index is 12.7. The van der Waals surface area contributed by atoms with Gasteiger partial charge in [0.05, 0.1) is 16.9 Å². The second kappa shape index (κ2) is 8.91. The number of amides is 1. The summed E-state index contributed by atoms with van der Waals surface area (Å²) >= 11 is 0. The Bertz CT molecular complexity index is 1080. The van der Waals surface area contributed by atoms with Gasteiger partial charge in [0.2, 0.25) is 0 Å². The minimum Gasteiger partial charge on any atom is -0.352 e. The van der Waals surface area contributed by atoms with E-state index in [9.17, 15) is 13.2 Å². The van der Waals surface area contributed by atoms with Crippen LogP contribution in [0.15, 0.2) is 66.1 Å². The lowest BCUT2D eigenvalue weighted by molar-refractivity contribution is 0.0952. The van der Waals surface area contributed by atoms with Crippen LogP contribution < -0.4 is 10.0 Å². The number of nitrogens with one attached hydrogen (secondary N) is 2. The van der Waals surface area contributed by atoms with Gasteiger partial charge in [0, 0.05) is 31.0 Å². The third-order valence-corrected chi connectivity index (χ3v) is 6.10. The maximum absolute atomic E-state index is 12.7. The number of imidazole rings is 1. The van der Waals surface area contributed by atoms with Crippen molar-refractivity contribution in [1.29, 1.82) is 0 Å². The van der Waals surface area contributed by atoms with Crippen molar-refractivity contribution in [2.45, 2.75) is 31.7 Å². The molecule has 1 amide bonds. The van der Waals surface area contributed by atoms with E-state index < -0.39 is 10.0 Å². The van der Waals surface area contributed by atoms with E-state index in [-0.39, 0.29) is 10.8 Å². The number of aryl methyl sites for hydroxylation is 2. The molecule has 29 heavy (non-hydrogen) atoms. The summed E-state index contributed by atoms with van der Waals surface area (Å²) < 4.78 is 29.9. The normalized spacial score (nSPS) is 11.2. The molecule has 0 saturated carbocycles. The third-order valence-electron chi connectivity index (χ3n) is 4.71. The zero-order chi connectivity index (χ0) is 20.9. The molecule has 0 atom stereocenters. The Balaban J connectivity index is 1.59. The van der Waals surface area contributed by atoms with Crippen molar-refractivity contribution in [2.75, 3.05) is 11.3 Å². The highest BCUT2D eigenvalue weighted by atomic mass is 32.2. The molecule has 8 heteroatoms. The molecule has 152 valence electrons. The molecule has 0 fully saturated rings. The Hall–Kier alpha value is -3.13. The summed E-state index contributed by atoms with van der Waals surface area (Å²) in [5.41, 5.74) is 2.84. The van der Waals surface area contributed by atoms with Crippen LogP contribution in [0.5, 0.6) is 0 Å². The number of carbonyl (C=O) groups excluding carboxylic acids is 1. The van der Waals surface area contributed by atoms with Crippen LogP contribution in [0.25, 0.3) is 0 Å². The number of hydrogen-bond acceptors (Lipinski definition) is 4. The molecule has 0 aliphatic carbocycles. The van der Waals surface area contributed by atoms with E-state index in [1.165, 1.54) is 24.3 Å². The van der Waals surface area contributed by atoms with Crippen LogP contribution in [0.1, 0.15) is 27.9 Å². The highest BCUT2D eigenvalue weighted by molar-refractivity contribution is 7.92. The van der Waals surface area contributed by atoms with E-state index in [0.717, 1.165) is 24.1 Å². The Morgan fingerprint density at radius 2 is 1.86 bits per heavy atom. The van der Waals surface area contributed by atoms with Gasteiger partial charge in [0.25, 0.3) is 15.9 Å².